The predicted octanol–water partition coefficient (Wildman–Crippen LogP) is 2.36. The molecule has 3 nitrogen and oxygen atoms in total. The maximum Gasteiger partial charge on any atom is 0.278 e. The summed E-state index contributed by atoms with van der Waals surface area (Å²) in [6.07, 6.45) is 0. The van der Waals surface area contributed by atoms with Crippen molar-refractivity contribution in [2.45, 2.75) is 0 Å². The molecule has 15 heavy (non-hydrogen) atoms. The largest absolute Gasteiger partial charge is 0.278 e. The summed E-state index contributed by atoms with van der Waals surface area (Å²) in [5.41, 5.74) is -0.00162. The molecule has 0 unspecified atom stereocenters. The number of rotatable bonds is 2. The number of carbonyl (C=O) groups is 1. The molecule has 0 saturated heterocycles. The van der Waals surface area contributed by atoms with Gasteiger partial charge in [0.15, 0.2) is 11.6 Å². The van der Waals surface area contributed by atoms with Gasteiger partial charge in [-0.2, -0.15) is 0 Å². The maximum absolute atomic E-state index is 13.1. The number of hydrogen-bond donors (Lipinski definition) is 0. The quantitative estimate of drug-likeness (QED) is 0.615. The van der Waals surface area contributed by atoms with Gasteiger partial charge >= 0.3 is 0 Å². The Morgan fingerprint density at radius 2 is 2.07 bits per heavy atom. The summed E-state index contributed by atoms with van der Waals surface area (Å²) < 4.78 is 25.6. The zero-order valence-corrected chi connectivity index (χ0v) is 9.64. The lowest BCUT2D eigenvalue weighted by Gasteiger charge is -2.14. The van der Waals surface area contributed by atoms with Crippen LogP contribution in [0, 0.1) is 11.6 Å². The number of amides is 1. The van der Waals surface area contributed by atoms with E-state index in [0.29, 0.717) is 0 Å². The molecule has 6 heteroatoms. The van der Waals surface area contributed by atoms with Gasteiger partial charge in [0.05, 0.1) is 17.1 Å². The van der Waals surface area contributed by atoms with Gasteiger partial charge in [-0.05, 0) is 28.1 Å². The fourth-order valence-corrected chi connectivity index (χ4v) is 1.43. The number of halogens is 3. The van der Waals surface area contributed by atoms with Crippen LogP contribution in [0.25, 0.3) is 0 Å². The van der Waals surface area contributed by atoms with Gasteiger partial charge in [0, 0.05) is 7.05 Å². The summed E-state index contributed by atoms with van der Waals surface area (Å²) in [4.78, 5) is 16.2. The van der Waals surface area contributed by atoms with E-state index < -0.39 is 17.5 Å². The van der Waals surface area contributed by atoms with Gasteiger partial charge in [-0.15, -0.1) is 0 Å². The van der Waals surface area contributed by atoms with E-state index in [0.717, 1.165) is 11.1 Å². The molecule has 0 aliphatic heterocycles. The van der Waals surface area contributed by atoms with Crippen molar-refractivity contribution in [1.82, 2.24) is 5.06 Å². The lowest BCUT2D eigenvalue weighted by molar-refractivity contribution is -0.0757. The zero-order valence-electron chi connectivity index (χ0n) is 8.05. The van der Waals surface area contributed by atoms with Gasteiger partial charge in [-0.1, -0.05) is 0 Å². The van der Waals surface area contributed by atoms with Crippen LogP contribution in [0.3, 0.4) is 0 Å². The molecule has 0 aliphatic carbocycles. The molecule has 0 spiro atoms. The van der Waals surface area contributed by atoms with E-state index >= 15 is 0 Å². The molecule has 0 bridgehead atoms. The van der Waals surface area contributed by atoms with E-state index in [4.69, 9.17) is 0 Å². The molecule has 0 fully saturated rings. The maximum atomic E-state index is 13.1. The van der Waals surface area contributed by atoms with Crippen LogP contribution in [0.5, 0.6) is 0 Å². The third kappa shape index (κ3) is 2.32. The summed E-state index contributed by atoms with van der Waals surface area (Å²) in [6.45, 7) is 0. The van der Waals surface area contributed by atoms with Crippen molar-refractivity contribution < 1.29 is 18.4 Å². The van der Waals surface area contributed by atoms with Gasteiger partial charge in [0.2, 0.25) is 0 Å². The number of carbonyl (C=O) groups excluding carboxylic acids is 1. The summed E-state index contributed by atoms with van der Waals surface area (Å²) in [6, 6.07) is 2.07. The van der Waals surface area contributed by atoms with Gasteiger partial charge in [-0.25, -0.2) is 13.8 Å². The van der Waals surface area contributed by atoms with E-state index in [1.807, 2.05) is 0 Å². The fourth-order valence-electron chi connectivity index (χ4n) is 0.944. The Morgan fingerprint density at radius 1 is 1.47 bits per heavy atom. The lowest BCUT2D eigenvalue weighted by atomic mass is 10.2. The van der Waals surface area contributed by atoms with E-state index in [1.54, 1.807) is 0 Å². The fraction of sp³-hybridized carbons (Fsp3) is 0.222. The first-order valence-electron chi connectivity index (χ1n) is 3.94. The molecule has 0 atom stereocenters. The Hall–Kier alpha value is -1.01. The van der Waals surface area contributed by atoms with Crippen molar-refractivity contribution in [3.63, 3.8) is 0 Å². The highest BCUT2D eigenvalue weighted by Crippen LogP contribution is 2.23. The molecule has 1 rings (SSSR count). The van der Waals surface area contributed by atoms with E-state index in [9.17, 15) is 13.6 Å². The van der Waals surface area contributed by atoms with Crippen LogP contribution in [0.1, 0.15) is 10.4 Å². The van der Waals surface area contributed by atoms with Crippen molar-refractivity contribution in [2.75, 3.05) is 14.2 Å². The molecular formula is C9H8BrF2NO2. The Bertz CT molecular complexity index is 398. The normalized spacial score (nSPS) is 10.2. The van der Waals surface area contributed by atoms with Gasteiger partial charge in [-0.3, -0.25) is 9.63 Å². The lowest BCUT2D eigenvalue weighted by Crippen LogP contribution is -2.26. The van der Waals surface area contributed by atoms with Gasteiger partial charge in [0.25, 0.3) is 5.91 Å². The Morgan fingerprint density at radius 3 is 2.60 bits per heavy atom. The molecule has 82 valence electrons. The molecule has 0 radical (unpaired) electrons. The van der Waals surface area contributed by atoms with Crippen LogP contribution in [0.15, 0.2) is 16.6 Å². The molecule has 1 aromatic rings. The average Bonchev–Trinajstić information content (AvgIpc) is 2.24. The van der Waals surface area contributed by atoms with Crippen LogP contribution in [0.2, 0.25) is 0 Å². The summed E-state index contributed by atoms with van der Waals surface area (Å²) in [7, 11) is 2.67. The molecule has 0 heterocycles. The van der Waals surface area contributed by atoms with E-state index in [-0.39, 0.29) is 10.0 Å². The second-order valence-electron chi connectivity index (χ2n) is 2.71. The monoisotopic (exact) mass is 279 g/mol. The Kier molecular flexibility index (Phi) is 3.76. The van der Waals surface area contributed by atoms with Crippen molar-refractivity contribution in [2.24, 2.45) is 0 Å². The zero-order chi connectivity index (χ0) is 11.6. The summed E-state index contributed by atoms with van der Waals surface area (Å²) in [5.74, 6) is -2.67. The molecule has 0 aromatic heterocycles. The first kappa shape index (κ1) is 12.1. The van der Waals surface area contributed by atoms with Crippen LogP contribution in [-0.2, 0) is 4.84 Å². The van der Waals surface area contributed by atoms with Crippen LogP contribution >= 0.6 is 15.9 Å². The average molecular weight is 280 g/mol. The Labute approximate surface area is 93.7 Å². The predicted molar refractivity (Wildman–Crippen MR) is 53.2 cm³/mol. The minimum absolute atomic E-state index is 0.00162. The second-order valence-corrected chi connectivity index (χ2v) is 3.50. The first-order valence-corrected chi connectivity index (χ1v) is 4.74. The molecule has 0 N–H and O–H groups in total. The third-order valence-electron chi connectivity index (χ3n) is 1.83. The summed E-state index contributed by atoms with van der Waals surface area (Å²) >= 11 is 2.81. The van der Waals surface area contributed by atoms with Crippen molar-refractivity contribution in [1.29, 1.82) is 0 Å². The smallest absolute Gasteiger partial charge is 0.274 e. The van der Waals surface area contributed by atoms with Gasteiger partial charge < -0.3 is 0 Å². The van der Waals surface area contributed by atoms with Crippen molar-refractivity contribution >= 4 is 21.8 Å². The Balaban J connectivity index is 3.16. The minimum atomic E-state index is -1.09. The summed E-state index contributed by atoms with van der Waals surface area (Å²) in [5, 5.41) is 0.914. The van der Waals surface area contributed by atoms with Gasteiger partial charge in [0.1, 0.15) is 0 Å². The highest BCUT2D eigenvalue weighted by atomic mass is 79.9. The van der Waals surface area contributed by atoms with Crippen molar-refractivity contribution in [3.05, 3.63) is 33.8 Å². The van der Waals surface area contributed by atoms with E-state index in [1.165, 1.54) is 20.2 Å². The number of benzene rings is 1. The number of hydroxylamine groups is 2. The minimum Gasteiger partial charge on any atom is -0.274 e. The molecule has 0 aliphatic rings. The van der Waals surface area contributed by atoms with Crippen LogP contribution < -0.4 is 0 Å². The topological polar surface area (TPSA) is 29.5 Å². The third-order valence-corrected chi connectivity index (χ3v) is 2.60. The van der Waals surface area contributed by atoms with Crippen LogP contribution in [0.4, 0.5) is 8.78 Å². The first-order chi connectivity index (χ1) is 6.99. The molecular weight excluding hydrogens is 272 g/mol. The number of nitrogens with zero attached hydrogens (tertiary/aromatic N) is 1. The molecule has 0 saturated carbocycles. The standard InChI is InChI=1S/C9H8BrF2NO2/c1-13(15-2)9(14)5-3-4-6(11)8(12)7(5)10/h3-4H,1-2H3. The van der Waals surface area contributed by atoms with E-state index in [2.05, 4.69) is 20.8 Å². The van der Waals surface area contributed by atoms with Crippen molar-refractivity contribution in [3.8, 4) is 0 Å². The van der Waals surface area contributed by atoms with Crippen LogP contribution in [-0.4, -0.2) is 25.1 Å². The molecule has 1 aromatic carbocycles. The number of hydrogen-bond acceptors (Lipinski definition) is 2. The highest BCUT2D eigenvalue weighted by molar-refractivity contribution is 9.10. The SMILES string of the molecule is CON(C)C(=O)c1ccc(F)c(F)c1Br. The highest BCUT2D eigenvalue weighted by Gasteiger charge is 2.19. The second kappa shape index (κ2) is 4.67. The molecule has 1 amide bonds.